The van der Waals surface area contributed by atoms with E-state index < -0.39 is 0 Å². The fraction of sp³-hybridized carbons (Fsp3) is 0.750. The molecule has 0 unspecified atom stereocenters. The van der Waals surface area contributed by atoms with Gasteiger partial charge in [-0.25, -0.2) is 4.99 Å². The Morgan fingerprint density at radius 1 is 1.33 bits per heavy atom. The lowest BCUT2D eigenvalue weighted by atomic mass is 10.1. The summed E-state index contributed by atoms with van der Waals surface area (Å²) in [6, 6.07) is 0. The monoisotopic (exact) mass is 207 g/mol. The van der Waals surface area contributed by atoms with Crippen molar-refractivity contribution in [2.24, 2.45) is 4.99 Å². The maximum absolute atomic E-state index is 4.40. The average Bonchev–Trinajstić information content (AvgIpc) is 2.72. The minimum atomic E-state index is 1.06. The van der Waals surface area contributed by atoms with Crippen molar-refractivity contribution in [2.75, 3.05) is 33.2 Å². The molecule has 2 aliphatic rings. The number of likely N-dealkylation sites (tertiary alicyclic amines) is 1. The zero-order valence-electron chi connectivity index (χ0n) is 9.87. The molecule has 0 amide bonds. The molecule has 0 aromatic heterocycles. The van der Waals surface area contributed by atoms with Crippen molar-refractivity contribution in [1.29, 1.82) is 0 Å². The number of allylic oxidation sites excluding steroid dienone is 1. The van der Waals surface area contributed by atoms with Gasteiger partial charge in [-0.05, 0) is 44.8 Å². The zero-order chi connectivity index (χ0) is 10.7. The molecule has 0 aromatic rings. The standard InChI is InChI=1S/C12H21N3/c1-11-12(9-14(2)10-13-11)5-8-15-6-3-4-7-15/h10H,3-9H2,1-2H3. The van der Waals surface area contributed by atoms with Gasteiger partial charge in [0.05, 0.1) is 6.34 Å². The van der Waals surface area contributed by atoms with Crippen LogP contribution in [0.1, 0.15) is 26.2 Å². The lowest BCUT2D eigenvalue weighted by Gasteiger charge is -2.23. The van der Waals surface area contributed by atoms with E-state index in [4.69, 9.17) is 0 Å². The molecule has 2 rings (SSSR count). The molecule has 0 aromatic carbocycles. The minimum Gasteiger partial charge on any atom is -0.362 e. The summed E-state index contributed by atoms with van der Waals surface area (Å²) in [6.45, 7) is 7.00. The molecule has 0 N–H and O–H groups in total. The number of hydrogen-bond acceptors (Lipinski definition) is 3. The predicted octanol–water partition coefficient (Wildman–Crippen LogP) is 1.72. The van der Waals surface area contributed by atoms with E-state index in [1.807, 2.05) is 6.34 Å². The molecule has 0 radical (unpaired) electrons. The molecule has 0 saturated carbocycles. The van der Waals surface area contributed by atoms with Crippen LogP contribution in [0.5, 0.6) is 0 Å². The van der Waals surface area contributed by atoms with Crippen LogP contribution in [0.25, 0.3) is 0 Å². The SMILES string of the molecule is CC1=C(CCN2CCCC2)CN(C)C=N1. The van der Waals surface area contributed by atoms with Gasteiger partial charge in [0.15, 0.2) is 0 Å². The van der Waals surface area contributed by atoms with E-state index in [0.717, 1.165) is 6.54 Å². The van der Waals surface area contributed by atoms with Crippen LogP contribution in [0.4, 0.5) is 0 Å². The lowest BCUT2D eigenvalue weighted by Crippen LogP contribution is -2.26. The molecule has 2 aliphatic heterocycles. The second-order valence-corrected chi connectivity index (χ2v) is 4.65. The van der Waals surface area contributed by atoms with Gasteiger partial charge >= 0.3 is 0 Å². The summed E-state index contributed by atoms with van der Waals surface area (Å²) in [7, 11) is 2.09. The Kier molecular flexibility index (Phi) is 3.41. The van der Waals surface area contributed by atoms with Gasteiger partial charge in [0.25, 0.3) is 0 Å². The number of aliphatic imine (C=N–C) groups is 1. The van der Waals surface area contributed by atoms with Crippen molar-refractivity contribution in [3.63, 3.8) is 0 Å². The van der Waals surface area contributed by atoms with Gasteiger partial charge in [0.2, 0.25) is 0 Å². The third-order valence-electron chi connectivity index (χ3n) is 3.33. The lowest BCUT2D eigenvalue weighted by molar-refractivity contribution is 0.339. The van der Waals surface area contributed by atoms with Gasteiger partial charge < -0.3 is 9.80 Å². The highest BCUT2D eigenvalue weighted by molar-refractivity contribution is 5.59. The Morgan fingerprint density at radius 2 is 2.07 bits per heavy atom. The molecule has 84 valence electrons. The van der Waals surface area contributed by atoms with E-state index in [0.29, 0.717) is 0 Å². The number of likely N-dealkylation sites (N-methyl/N-ethyl adjacent to an activating group) is 1. The fourth-order valence-corrected chi connectivity index (χ4v) is 2.29. The summed E-state index contributed by atoms with van der Waals surface area (Å²) in [6.07, 6.45) is 5.88. The van der Waals surface area contributed by atoms with Gasteiger partial charge in [-0.1, -0.05) is 0 Å². The molecule has 0 spiro atoms. The quantitative estimate of drug-likeness (QED) is 0.701. The van der Waals surface area contributed by atoms with Crippen molar-refractivity contribution < 1.29 is 0 Å². The molecular formula is C12H21N3. The molecule has 3 heteroatoms. The molecule has 3 nitrogen and oxygen atoms in total. The van der Waals surface area contributed by atoms with Crippen LogP contribution in [0.15, 0.2) is 16.3 Å². The smallest absolute Gasteiger partial charge is 0.0908 e. The second kappa shape index (κ2) is 4.79. The van der Waals surface area contributed by atoms with Crippen molar-refractivity contribution in [1.82, 2.24) is 9.80 Å². The molecule has 15 heavy (non-hydrogen) atoms. The Hall–Kier alpha value is -0.830. The molecule has 1 fully saturated rings. The highest BCUT2D eigenvalue weighted by Gasteiger charge is 2.14. The van der Waals surface area contributed by atoms with Crippen LogP contribution in [-0.2, 0) is 0 Å². The maximum atomic E-state index is 4.40. The highest BCUT2D eigenvalue weighted by Crippen LogP contribution is 2.17. The van der Waals surface area contributed by atoms with E-state index in [1.165, 1.54) is 50.2 Å². The van der Waals surface area contributed by atoms with Crippen LogP contribution in [0.3, 0.4) is 0 Å². The van der Waals surface area contributed by atoms with Crippen molar-refractivity contribution in [3.05, 3.63) is 11.3 Å². The minimum absolute atomic E-state index is 1.06. The molecular weight excluding hydrogens is 186 g/mol. The third-order valence-corrected chi connectivity index (χ3v) is 3.33. The summed E-state index contributed by atoms with van der Waals surface area (Å²) >= 11 is 0. The predicted molar refractivity (Wildman–Crippen MR) is 64.1 cm³/mol. The topological polar surface area (TPSA) is 18.8 Å². The van der Waals surface area contributed by atoms with Crippen LogP contribution < -0.4 is 0 Å². The van der Waals surface area contributed by atoms with Gasteiger partial charge in [0.1, 0.15) is 0 Å². The van der Waals surface area contributed by atoms with E-state index in [9.17, 15) is 0 Å². The van der Waals surface area contributed by atoms with E-state index in [2.05, 4.69) is 28.8 Å². The van der Waals surface area contributed by atoms with Crippen molar-refractivity contribution in [3.8, 4) is 0 Å². The summed E-state index contributed by atoms with van der Waals surface area (Å²) < 4.78 is 0. The molecule has 0 aliphatic carbocycles. The van der Waals surface area contributed by atoms with Crippen molar-refractivity contribution >= 4 is 6.34 Å². The largest absolute Gasteiger partial charge is 0.362 e. The third kappa shape index (κ3) is 2.81. The Balaban J connectivity index is 1.84. The van der Waals surface area contributed by atoms with Crippen LogP contribution in [-0.4, -0.2) is 49.4 Å². The number of rotatable bonds is 3. The van der Waals surface area contributed by atoms with Crippen LogP contribution in [0, 0.1) is 0 Å². The Morgan fingerprint density at radius 3 is 2.80 bits per heavy atom. The van der Waals surface area contributed by atoms with E-state index in [1.54, 1.807) is 0 Å². The summed E-state index contributed by atoms with van der Waals surface area (Å²) in [5, 5.41) is 0. The first-order valence-corrected chi connectivity index (χ1v) is 5.91. The second-order valence-electron chi connectivity index (χ2n) is 4.65. The first-order valence-electron chi connectivity index (χ1n) is 5.91. The first-order chi connectivity index (χ1) is 7.25. The maximum Gasteiger partial charge on any atom is 0.0908 e. The molecule has 0 bridgehead atoms. The molecule has 2 heterocycles. The number of hydrogen-bond donors (Lipinski definition) is 0. The van der Waals surface area contributed by atoms with Gasteiger partial charge in [-0.2, -0.15) is 0 Å². The first kappa shape index (κ1) is 10.7. The molecule has 0 atom stereocenters. The van der Waals surface area contributed by atoms with Crippen LogP contribution in [0.2, 0.25) is 0 Å². The van der Waals surface area contributed by atoms with Gasteiger partial charge in [0, 0.05) is 25.8 Å². The van der Waals surface area contributed by atoms with E-state index in [-0.39, 0.29) is 0 Å². The summed E-state index contributed by atoms with van der Waals surface area (Å²) in [5.41, 5.74) is 2.74. The normalized spacial score (nSPS) is 22.9. The summed E-state index contributed by atoms with van der Waals surface area (Å²) in [5.74, 6) is 0. The Labute approximate surface area is 92.5 Å². The summed E-state index contributed by atoms with van der Waals surface area (Å²) in [4.78, 5) is 9.13. The van der Waals surface area contributed by atoms with Gasteiger partial charge in [-0.3, -0.25) is 0 Å². The fourth-order valence-electron chi connectivity index (χ4n) is 2.29. The van der Waals surface area contributed by atoms with E-state index >= 15 is 0 Å². The molecule has 1 saturated heterocycles. The zero-order valence-corrected chi connectivity index (χ0v) is 9.87. The average molecular weight is 207 g/mol. The Bertz CT molecular complexity index is 275. The van der Waals surface area contributed by atoms with Gasteiger partial charge in [-0.15, -0.1) is 0 Å². The van der Waals surface area contributed by atoms with Crippen LogP contribution >= 0.6 is 0 Å². The number of nitrogens with zero attached hydrogens (tertiary/aromatic N) is 3. The van der Waals surface area contributed by atoms with Crippen molar-refractivity contribution in [2.45, 2.75) is 26.2 Å². The highest BCUT2D eigenvalue weighted by atomic mass is 15.2.